The molecular weight excluding hydrogens is 261 g/mol. The molecule has 1 aromatic rings. The van der Waals surface area contributed by atoms with Crippen molar-refractivity contribution in [2.45, 2.75) is 12.6 Å². The lowest BCUT2D eigenvalue weighted by Gasteiger charge is -2.15. The number of hydrogen-bond donors (Lipinski definition) is 1. The van der Waals surface area contributed by atoms with Crippen LogP contribution < -0.4 is 4.90 Å². The number of aromatic nitrogens is 1. The van der Waals surface area contributed by atoms with Crippen molar-refractivity contribution < 1.29 is 27.9 Å². The van der Waals surface area contributed by atoms with E-state index in [4.69, 9.17) is 5.11 Å². The highest BCUT2D eigenvalue weighted by atomic mass is 32.1. The summed E-state index contributed by atoms with van der Waals surface area (Å²) in [6.45, 7) is 0. The molecule has 0 aliphatic rings. The summed E-state index contributed by atoms with van der Waals surface area (Å²) in [5, 5.41) is 8.28. The minimum atomic E-state index is -4.98. The van der Waals surface area contributed by atoms with Crippen LogP contribution in [-0.2, 0) is 16.0 Å². The lowest BCUT2D eigenvalue weighted by atomic mass is 10.4. The maximum absolute atomic E-state index is 12.1. The minimum absolute atomic E-state index is 0.191. The number of hydrogen-bond acceptors (Lipinski definition) is 4. The molecule has 0 aliphatic heterocycles. The van der Waals surface area contributed by atoms with Gasteiger partial charge in [-0.3, -0.25) is 14.5 Å². The molecule has 0 aliphatic carbocycles. The summed E-state index contributed by atoms with van der Waals surface area (Å²) < 4.78 is 36.3. The molecule has 0 radical (unpaired) electrons. The third-order valence-corrected chi connectivity index (χ3v) is 2.77. The first kappa shape index (κ1) is 13.4. The number of carbonyl (C=O) groups is 2. The molecule has 5 nitrogen and oxygen atoms in total. The van der Waals surface area contributed by atoms with Crippen molar-refractivity contribution in [1.29, 1.82) is 0 Å². The standard InChI is InChI=1S/C8H7F3N2O3S/c1-13(6(16)8(9,10)11)7-12-3-4(17-7)2-5(14)15/h3H,2H2,1H3,(H,14,15). The summed E-state index contributed by atoms with van der Waals surface area (Å²) in [6.07, 6.45) is -4.19. The lowest BCUT2D eigenvalue weighted by molar-refractivity contribution is -0.170. The van der Waals surface area contributed by atoms with E-state index in [1.54, 1.807) is 0 Å². The fraction of sp³-hybridized carbons (Fsp3) is 0.375. The maximum atomic E-state index is 12.1. The molecule has 1 N–H and O–H groups in total. The van der Waals surface area contributed by atoms with Gasteiger partial charge in [0.15, 0.2) is 5.13 Å². The van der Waals surface area contributed by atoms with Gasteiger partial charge in [-0.1, -0.05) is 0 Å². The van der Waals surface area contributed by atoms with Crippen LogP contribution in [-0.4, -0.2) is 35.2 Å². The van der Waals surface area contributed by atoms with Crippen LogP contribution in [0.4, 0.5) is 18.3 Å². The zero-order valence-electron chi connectivity index (χ0n) is 8.48. The molecule has 94 valence electrons. The van der Waals surface area contributed by atoms with Crippen molar-refractivity contribution in [3.05, 3.63) is 11.1 Å². The average Bonchev–Trinajstić information content (AvgIpc) is 2.61. The van der Waals surface area contributed by atoms with Crippen LogP contribution in [0.1, 0.15) is 4.88 Å². The average molecular weight is 268 g/mol. The number of carbonyl (C=O) groups excluding carboxylic acids is 1. The van der Waals surface area contributed by atoms with Gasteiger partial charge in [0.25, 0.3) is 0 Å². The maximum Gasteiger partial charge on any atom is 0.471 e. The Morgan fingerprint density at radius 3 is 2.59 bits per heavy atom. The molecule has 9 heteroatoms. The van der Waals surface area contributed by atoms with Gasteiger partial charge in [0.2, 0.25) is 0 Å². The van der Waals surface area contributed by atoms with Gasteiger partial charge < -0.3 is 5.11 Å². The molecule has 1 rings (SSSR count). The van der Waals surface area contributed by atoms with Gasteiger partial charge in [0, 0.05) is 18.1 Å². The summed E-state index contributed by atoms with van der Waals surface area (Å²) in [5.74, 6) is -3.17. The molecule has 17 heavy (non-hydrogen) atoms. The molecule has 0 spiro atoms. The molecule has 0 bridgehead atoms. The Morgan fingerprint density at radius 1 is 1.53 bits per heavy atom. The second-order valence-corrected chi connectivity index (χ2v) is 4.14. The van der Waals surface area contributed by atoms with Crippen LogP contribution >= 0.6 is 11.3 Å². The van der Waals surface area contributed by atoms with E-state index >= 15 is 0 Å². The summed E-state index contributed by atoms with van der Waals surface area (Å²) in [6, 6.07) is 0. The second kappa shape index (κ2) is 4.70. The largest absolute Gasteiger partial charge is 0.481 e. The normalized spacial score (nSPS) is 11.3. The molecule has 0 fully saturated rings. The van der Waals surface area contributed by atoms with E-state index in [1.165, 1.54) is 0 Å². The van der Waals surface area contributed by atoms with Crippen LogP contribution in [0, 0.1) is 0 Å². The monoisotopic (exact) mass is 268 g/mol. The van der Waals surface area contributed by atoms with Gasteiger partial charge in [0.05, 0.1) is 6.42 Å². The zero-order valence-corrected chi connectivity index (χ0v) is 9.30. The molecule has 0 saturated carbocycles. The Labute approximate surface area is 97.5 Å². The van der Waals surface area contributed by atoms with Crippen molar-refractivity contribution in [2.75, 3.05) is 11.9 Å². The van der Waals surface area contributed by atoms with Crippen molar-refractivity contribution in [3.8, 4) is 0 Å². The van der Waals surface area contributed by atoms with E-state index in [-0.39, 0.29) is 16.4 Å². The Balaban J connectivity index is 2.83. The SMILES string of the molecule is CN(C(=O)C(F)(F)F)c1ncc(CC(=O)O)s1. The number of thiazole rings is 1. The number of alkyl halides is 3. The molecule has 0 atom stereocenters. The van der Waals surface area contributed by atoms with Crippen LogP contribution in [0.2, 0.25) is 0 Å². The molecule has 1 amide bonds. The van der Waals surface area contributed by atoms with Gasteiger partial charge in [-0.15, -0.1) is 11.3 Å². The topological polar surface area (TPSA) is 70.5 Å². The zero-order chi connectivity index (χ0) is 13.2. The Hall–Kier alpha value is -1.64. The number of aliphatic carboxylic acids is 1. The second-order valence-electron chi connectivity index (χ2n) is 3.04. The van der Waals surface area contributed by atoms with E-state index < -0.39 is 18.1 Å². The summed E-state index contributed by atoms with van der Waals surface area (Å²) >= 11 is 0.727. The van der Waals surface area contributed by atoms with Gasteiger partial charge in [-0.25, -0.2) is 4.98 Å². The van der Waals surface area contributed by atoms with E-state index in [0.717, 1.165) is 24.6 Å². The smallest absolute Gasteiger partial charge is 0.471 e. The molecular formula is C8H7F3N2O3S. The van der Waals surface area contributed by atoms with Crippen LogP contribution in [0.15, 0.2) is 6.20 Å². The predicted molar refractivity (Wildman–Crippen MR) is 52.9 cm³/mol. The third-order valence-electron chi connectivity index (χ3n) is 1.70. The van der Waals surface area contributed by atoms with Crippen LogP contribution in [0.5, 0.6) is 0 Å². The molecule has 0 aromatic carbocycles. The predicted octanol–water partition coefficient (Wildman–Crippen LogP) is 1.30. The molecule has 1 aromatic heterocycles. The van der Waals surface area contributed by atoms with Gasteiger partial charge in [-0.05, 0) is 0 Å². The first-order chi connectivity index (χ1) is 7.71. The molecule has 1 heterocycles. The Bertz CT molecular complexity index is 443. The molecule has 0 saturated heterocycles. The highest BCUT2D eigenvalue weighted by molar-refractivity contribution is 7.15. The quantitative estimate of drug-likeness (QED) is 0.896. The minimum Gasteiger partial charge on any atom is -0.481 e. The number of carboxylic acid groups (broad SMARTS) is 1. The summed E-state index contributed by atoms with van der Waals surface area (Å²) in [5.41, 5.74) is 0. The Kier molecular flexibility index (Phi) is 3.71. The van der Waals surface area contributed by atoms with Gasteiger partial charge in [-0.2, -0.15) is 13.2 Å². The fourth-order valence-corrected chi connectivity index (χ4v) is 1.82. The fourth-order valence-electron chi connectivity index (χ4n) is 0.960. The number of carboxylic acids is 1. The number of anilines is 1. The third kappa shape index (κ3) is 3.41. The van der Waals surface area contributed by atoms with Crippen molar-refractivity contribution in [1.82, 2.24) is 4.98 Å². The van der Waals surface area contributed by atoms with Crippen molar-refractivity contribution in [3.63, 3.8) is 0 Å². The van der Waals surface area contributed by atoms with E-state index in [9.17, 15) is 22.8 Å². The van der Waals surface area contributed by atoms with Crippen LogP contribution in [0.25, 0.3) is 0 Å². The van der Waals surface area contributed by atoms with Gasteiger partial charge in [0.1, 0.15) is 0 Å². The van der Waals surface area contributed by atoms with Crippen molar-refractivity contribution in [2.24, 2.45) is 0 Å². The molecule has 0 unspecified atom stereocenters. The number of halogens is 3. The number of rotatable bonds is 3. The number of amides is 1. The summed E-state index contributed by atoms with van der Waals surface area (Å²) in [7, 11) is 0.930. The van der Waals surface area contributed by atoms with Crippen molar-refractivity contribution >= 4 is 28.3 Å². The van der Waals surface area contributed by atoms with E-state index in [2.05, 4.69) is 4.98 Å². The first-order valence-electron chi connectivity index (χ1n) is 4.23. The highest BCUT2D eigenvalue weighted by Gasteiger charge is 2.42. The lowest BCUT2D eigenvalue weighted by Crippen LogP contribution is -2.38. The van der Waals surface area contributed by atoms with E-state index in [1.807, 2.05) is 0 Å². The van der Waals surface area contributed by atoms with E-state index in [0.29, 0.717) is 4.90 Å². The first-order valence-corrected chi connectivity index (χ1v) is 5.05. The number of nitrogens with zero attached hydrogens (tertiary/aromatic N) is 2. The highest BCUT2D eigenvalue weighted by Crippen LogP contribution is 2.26. The summed E-state index contributed by atoms with van der Waals surface area (Å²) in [4.78, 5) is 25.4. The van der Waals surface area contributed by atoms with Crippen LogP contribution in [0.3, 0.4) is 0 Å². The van der Waals surface area contributed by atoms with Gasteiger partial charge >= 0.3 is 18.1 Å². The Morgan fingerprint density at radius 2 is 2.12 bits per heavy atom.